The van der Waals surface area contributed by atoms with Crippen LogP contribution in [0.4, 0.5) is 0 Å². The van der Waals surface area contributed by atoms with Crippen molar-refractivity contribution in [2.45, 2.75) is 39.8 Å². The fourth-order valence-electron chi connectivity index (χ4n) is 3.34. The standard InChI is InChI=1S/C20H38N4O6.C9H6O4/c1-18(2)4-6-24-16-19(22-23-24)17-30-15-14-29-13-12-28-11-10-27-9-8-26-7-5-20(25)21-3;10-6-3-5-1-2-9(12)13-8(5)4-7(6)11/h16,18H,4-15,17H2,1-3H3,(H,21,25);1-4,10-11H. The number of aromatic hydroxyl groups is 2. The Kier molecular flexibility index (Phi) is 17.6. The van der Waals surface area contributed by atoms with Gasteiger partial charge in [0.05, 0.1) is 72.3 Å². The topological polar surface area (TPSA) is 177 Å². The third kappa shape index (κ3) is 16.0. The summed E-state index contributed by atoms with van der Waals surface area (Å²) in [6.45, 7) is 10.1. The van der Waals surface area contributed by atoms with Crippen molar-refractivity contribution in [2.75, 3.05) is 66.5 Å². The highest BCUT2D eigenvalue weighted by Gasteiger charge is 2.04. The zero-order valence-electron chi connectivity index (χ0n) is 25.2. The molecule has 0 saturated heterocycles. The number of nitrogens with one attached hydrogen (secondary N) is 1. The van der Waals surface area contributed by atoms with Gasteiger partial charge in [0, 0.05) is 37.5 Å². The summed E-state index contributed by atoms with van der Waals surface area (Å²) in [7, 11) is 1.61. The van der Waals surface area contributed by atoms with Gasteiger partial charge in [0.1, 0.15) is 11.3 Å². The van der Waals surface area contributed by atoms with Crippen molar-refractivity contribution in [3.63, 3.8) is 0 Å². The van der Waals surface area contributed by atoms with Crippen molar-refractivity contribution in [1.82, 2.24) is 20.3 Å². The third-order valence-electron chi connectivity index (χ3n) is 5.73. The maximum atomic E-state index is 11.0. The van der Waals surface area contributed by atoms with Gasteiger partial charge in [-0.1, -0.05) is 19.1 Å². The van der Waals surface area contributed by atoms with Gasteiger partial charge in [-0.05, 0) is 24.5 Å². The van der Waals surface area contributed by atoms with Crippen LogP contribution in [0.2, 0.25) is 0 Å². The van der Waals surface area contributed by atoms with Crippen LogP contribution in [0.15, 0.2) is 39.7 Å². The molecule has 14 nitrogen and oxygen atoms in total. The van der Waals surface area contributed by atoms with Crippen molar-refractivity contribution >= 4 is 16.9 Å². The van der Waals surface area contributed by atoms with Gasteiger partial charge in [-0.2, -0.15) is 0 Å². The maximum Gasteiger partial charge on any atom is 0.336 e. The number of hydrogen-bond acceptors (Lipinski definition) is 12. The molecule has 0 radical (unpaired) electrons. The highest BCUT2D eigenvalue weighted by molar-refractivity contribution is 5.80. The molecule has 240 valence electrons. The number of phenols is 2. The van der Waals surface area contributed by atoms with Crippen LogP contribution in [-0.4, -0.2) is 97.6 Å². The minimum absolute atomic E-state index is 0.0281. The van der Waals surface area contributed by atoms with E-state index in [1.165, 1.54) is 24.3 Å². The molecule has 0 bridgehead atoms. The molecule has 2 heterocycles. The molecule has 0 aliphatic carbocycles. The lowest BCUT2D eigenvalue weighted by Crippen LogP contribution is -2.20. The molecule has 0 unspecified atom stereocenters. The molecule has 3 N–H and O–H groups in total. The normalized spacial score (nSPS) is 11.1. The first-order chi connectivity index (χ1) is 20.8. The second-order valence-corrected chi connectivity index (χ2v) is 9.71. The van der Waals surface area contributed by atoms with E-state index in [-0.39, 0.29) is 23.0 Å². The summed E-state index contributed by atoms with van der Waals surface area (Å²) >= 11 is 0. The summed E-state index contributed by atoms with van der Waals surface area (Å²) in [5, 5.41) is 29.5. The summed E-state index contributed by atoms with van der Waals surface area (Å²) in [4.78, 5) is 21.7. The molecule has 0 atom stereocenters. The van der Waals surface area contributed by atoms with Crippen molar-refractivity contribution in [3.05, 3.63) is 46.6 Å². The summed E-state index contributed by atoms with van der Waals surface area (Å²) in [5.74, 6) is 0.0808. The van der Waals surface area contributed by atoms with Crippen LogP contribution in [0.5, 0.6) is 11.5 Å². The predicted molar refractivity (Wildman–Crippen MR) is 157 cm³/mol. The molecule has 2 aromatic heterocycles. The molecule has 14 heteroatoms. The number of phenolic OH excluding ortho intramolecular Hbond substituents is 2. The van der Waals surface area contributed by atoms with Crippen LogP contribution in [0.3, 0.4) is 0 Å². The van der Waals surface area contributed by atoms with E-state index < -0.39 is 5.63 Å². The average molecular weight is 609 g/mol. The first-order valence-corrected chi connectivity index (χ1v) is 14.2. The van der Waals surface area contributed by atoms with Crippen LogP contribution in [0.1, 0.15) is 32.4 Å². The number of ether oxygens (including phenoxy) is 5. The number of benzene rings is 1. The fraction of sp³-hybridized carbons (Fsp3) is 0.586. The molecule has 43 heavy (non-hydrogen) atoms. The van der Waals surface area contributed by atoms with Gasteiger partial charge in [0.15, 0.2) is 11.5 Å². The largest absolute Gasteiger partial charge is 0.504 e. The molecular weight excluding hydrogens is 564 g/mol. The second-order valence-electron chi connectivity index (χ2n) is 9.71. The molecular formula is C29H44N4O10. The van der Waals surface area contributed by atoms with Gasteiger partial charge < -0.3 is 43.6 Å². The molecule has 0 saturated carbocycles. The first-order valence-electron chi connectivity index (χ1n) is 14.2. The number of rotatable bonds is 20. The summed E-state index contributed by atoms with van der Waals surface area (Å²) in [6, 6.07) is 5.29. The van der Waals surface area contributed by atoms with Crippen LogP contribution >= 0.6 is 0 Å². The van der Waals surface area contributed by atoms with Gasteiger partial charge >= 0.3 is 5.63 Å². The van der Waals surface area contributed by atoms with Gasteiger partial charge in [-0.25, -0.2) is 4.79 Å². The van der Waals surface area contributed by atoms with E-state index in [4.69, 9.17) is 38.3 Å². The van der Waals surface area contributed by atoms with E-state index in [1.54, 1.807) is 7.05 Å². The van der Waals surface area contributed by atoms with Crippen molar-refractivity contribution in [3.8, 4) is 11.5 Å². The Balaban J connectivity index is 0.000000407. The highest BCUT2D eigenvalue weighted by Crippen LogP contribution is 2.29. The predicted octanol–water partition coefficient (Wildman–Crippen LogP) is 2.25. The molecule has 3 aromatic rings. The number of aromatic nitrogens is 3. The zero-order chi connectivity index (χ0) is 31.3. The van der Waals surface area contributed by atoms with Crippen LogP contribution in [0, 0.1) is 5.92 Å². The first kappa shape index (κ1) is 35.6. The Morgan fingerprint density at radius 1 is 0.907 bits per heavy atom. The van der Waals surface area contributed by atoms with E-state index >= 15 is 0 Å². The Morgan fingerprint density at radius 2 is 1.49 bits per heavy atom. The Labute approximate surface area is 250 Å². The second kappa shape index (κ2) is 21.2. The molecule has 0 aliphatic rings. The van der Waals surface area contributed by atoms with Gasteiger partial charge in [-0.15, -0.1) is 5.10 Å². The molecule has 0 fully saturated rings. The average Bonchev–Trinajstić information content (AvgIpc) is 3.44. The summed E-state index contributed by atoms with van der Waals surface area (Å²) in [5.41, 5.74) is 0.597. The minimum Gasteiger partial charge on any atom is -0.504 e. The van der Waals surface area contributed by atoms with E-state index in [0.717, 1.165) is 18.7 Å². The zero-order valence-corrected chi connectivity index (χ0v) is 25.2. The quantitative estimate of drug-likeness (QED) is 0.0970. The number of hydrogen-bond donors (Lipinski definition) is 3. The Morgan fingerprint density at radius 3 is 2.09 bits per heavy atom. The lowest BCUT2D eigenvalue weighted by Gasteiger charge is -2.07. The minimum atomic E-state index is -0.488. The molecule has 0 aliphatic heterocycles. The fourth-order valence-corrected chi connectivity index (χ4v) is 3.34. The summed E-state index contributed by atoms with van der Waals surface area (Å²) in [6.07, 6.45) is 3.38. The van der Waals surface area contributed by atoms with E-state index in [0.29, 0.717) is 83.8 Å². The number of carbonyl (C=O) groups excluding carboxylic acids is 1. The van der Waals surface area contributed by atoms with Crippen molar-refractivity contribution in [2.24, 2.45) is 5.92 Å². The molecule has 1 aromatic carbocycles. The van der Waals surface area contributed by atoms with Crippen LogP contribution in [0.25, 0.3) is 11.0 Å². The lowest BCUT2D eigenvalue weighted by molar-refractivity contribution is -0.121. The number of carbonyl (C=O) groups is 1. The number of nitrogens with zero attached hydrogens (tertiary/aromatic N) is 3. The monoisotopic (exact) mass is 608 g/mol. The number of amides is 1. The van der Waals surface area contributed by atoms with E-state index in [2.05, 4.69) is 29.5 Å². The smallest absolute Gasteiger partial charge is 0.336 e. The molecule has 0 spiro atoms. The lowest BCUT2D eigenvalue weighted by atomic mass is 10.1. The van der Waals surface area contributed by atoms with Gasteiger partial charge in [0.25, 0.3) is 0 Å². The number of fused-ring (bicyclic) bond motifs is 1. The Bertz CT molecular complexity index is 1250. The third-order valence-corrected chi connectivity index (χ3v) is 5.73. The Hall–Kier alpha value is -3.56. The van der Waals surface area contributed by atoms with E-state index in [9.17, 15) is 9.59 Å². The highest BCUT2D eigenvalue weighted by atomic mass is 16.6. The van der Waals surface area contributed by atoms with Crippen molar-refractivity contribution in [1.29, 1.82) is 0 Å². The molecule has 1 amide bonds. The van der Waals surface area contributed by atoms with Crippen molar-refractivity contribution < 1.29 is 43.1 Å². The number of aryl methyl sites for hydroxylation is 1. The van der Waals surface area contributed by atoms with Crippen LogP contribution < -0.4 is 10.9 Å². The molecule has 3 rings (SSSR count). The van der Waals surface area contributed by atoms with Crippen LogP contribution in [-0.2, 0) is 41.6 Å². The van der Waals surface area contributed by atoms with Gasteiger partial charge in [-0.3, -0.25) is 9.48 Å². The summed E-state index contributed by atoms with van der Waals surface area (Å²) < 4.78 is 33.7. The van der Waals surface area contributed by atoms with E-state index in [1.807, 2.05) is 10.9 Å². The SMILES string of the molecule is CNC(=O)CCOCCOCCOCCOCCOCc1cn(CCC(C)C)nn1.O=c1ccc2cc(O)c(O)cc2o1. The van der Waals surface area contributed by atoms with Gasteiger partial charge in [0.2, 0.25) is 5.91 Å². The maximum absolute atomic E-state index is 11.0.